The number of carbonyl (C=O) groups is 2. The molecule has 9 nitrogen and oxygen atoms in total. The Bertz CT molecular complexity index is 1640. The number of esters is 1. The molecule has 2 aromatic carbocycles. The van der Waals surface area contributed by atoms with Gasteiger partial charge in [0.2, 0.25) is 0 Å². The average molecular weight is 592 g/mol. The molecule has 0 aliphatic carbocycles. The summed E-state index contributed by atoms with van der Waals surface area (Å²) in [5.41, 5.74) is 3.96. The van der Waals surface area contributed by atoms with E-state index in [2.05, 4.69) is 20.7 Å². The Balaban J connectivity index is 1.50. The summed E-state index contributed by atoms with van der Waals surface area (Å²) in [6.45, 7) is 3.64. The Morgan fingerprint density at radius 2 is 2.00 bits per heavy atom. The molecule has 5 rings (SSSR count). The largest absolute Gasteiger partial charge is 0.465 e. The van der Waals surface area contributed by atoms with Gasteiger partial charge in [0.15, 0.2) is 5.82 Å². The summed E-state index contributed by atoms with van der Waals surface area (Å²) in [5.74, 6) is -1.59. The standard InChI is InChI=1S/C31H31ClFN5O4/c1-17-6-4-8-25(37-30(40)22-16-35-38(18(22)2)27-9-5-7-23(32)28(27)33)26-15-19(12-13-34-26)21-14-20(31(41)42-3)10-11-24(21)36-29(17)39/h5,7,9-17,25,29,36,39H,4,6,8H2,1-3H3,(H,37,40)/t17-,25+,29?/m1/s1. The molecule has 0 saturated carbocycles. The number of ether oxygens (including phenoxy) is 1. The van der Waals surface area contributed by atoms with Crippen LogP contribution in [-0.2, 0) is 4.74 Å². The van der Waals surface area contributed by atoms with Crippen LogP contribution in [0.1, 0.15) is 64.3 Å². The Kier molecular flexibility index (Phi) is 8.56. The zero-order valence-corrected chi connectivity index (χ0v) is 24.2. The second-order valence-electron chi connectivity index (χ2n) is 10.4. The van der Waals surface area contributed by atoms with E-state index in [4.69, 9.17) is 16.3 Å². The van der Waals surface area contributed by atoms with Gasteiger partial charge in [-0.3, -0.25) is 9.78 Å². The van der Waals surface area contributed by atoms with Gasteiger partial charge in [0.05, 0.1) is 46.9 Å². The van der Waals surface area contributed by atoms with Crippen molar-refractivity contribution in [3.05, 3.63) is 94.3 Å². The Morgan fingerprint density at radius 1 is 1.19 bits per heavy atom. The van der Waals surface area contributed by atoms with Gasteiger partial charge in [-0.05, 0) is 67.8 Å². The zero-order valence-electron chi connectivity index (χ0n) is 23.4. The van der Waals surface area contributed by atoms with Crippen LogP contribution in [0, 0.1) is 18.7 Å². The van der Waals surface area contributed by atoms with E-state index in [1.165, 1.54) is 24.1 Å². The first-order chi connectivity index (χ1) is 20.2. The van der Waals surface area contributed by atoms with E-state index in [9.17, 15) is 19.1 Å². The molecule has 1 amide bonds. The first-order valence-corrected chi connectivity index (χ1v) is 14.0. The van der Waals surface area contributed by atoms with Gasteiger partial charge in [-0.15, -0.1) is 0 Å². The Hall–Kier alpha value is -4.28. The summed E-state index contributed by atoms with van der Waals surface area (Å²) in [7, 11) is 1.32. The van der Waals surface area contributed by atoms with Gasteiger partial charge in [0, 0.05) is 23.4 Å². The van der Waals surface area contributed by atoms with Crippen LogP contribution in [0.4, 0.5) is 10.1 Å². The number of aliphatic hydroxyl groups excluding tert-OH is 1. The molecule has 2 bridgehead atoms. The smallest absolute Gasteiger partial charge is 0.337 e. The van der Waals surface area contributed by atoms with E-state index in [0.717, 1.165) is 5.56 Å². The number of benzene rings is 2. The minimum Gasteiger partial charge on any atom is -0.465 e. The molecular formula is C31H31ClFN5O4. The van der Waals surface area contributed by atoms with E-state index in [1.807, 2.05) is 13.0 Å². The minimum absolute atomic E-state index is 0.0394. The lowest BCUT2D eigenvalue weighted by Crippen LogP contribution is -2.31. The molecule has 3 N–H and O–H groups in total. The summed E-state index contributed by atoms with van der Waals surface area (Å²) >= 11 is 5.96. The third kappa shape index (κ3) is 5.86. The molecule has 218 valence electrons. The summed E-state index contributed by atoms with van der Waals surface area (Å²) < 4.78 is 21.0. The number of fused-ring (bicyclic) bond motifs is 4. The van der Waals surface area contributed by atoms with Crippen molar-refractivity contribution in [2.45, 2.75) is 45.4 Å². The predicted molar refractivity (Wildman–Crippen MR) is 157 cm³/mol. The minimum atomic E-state index is -0.832. The molecule has 1 aliphatic rings. The number of rotatable bonds is 4. The highest BCUT2D eigenvalue weighted by Gasteiger charge is 2.25. The molecule has 4 aromatic rings. The van der Waals surface area contributed by atoms with Gasteiger partial charge in [0.1, 0.15) is 11.9 Å². The van der Waals surface area contributed by atoms with E-state index in [-0.39, 0.29) is 28.1 Å². The number of pyridine rings is 1. The number of carbonyl (C=O) groups excluding carboxylic acids is 2. The molecule has 0 spiro atoms. The summed E-state index contributed by atoms with van der Waals surface area (Å²) in [5, 5.41) is 21.4. The number of aromatic nitrogens is 3. The molecule has 1 aliphatic heterocycles. The van der Waals surface area contributed by atoms with Crippen molar-refractivity contribution in [2.24, 2.45) is 5.92 Å². The first-order valence-electron chi connectivity index (χ1n) is 13.6. The average Bonchev–Trinajstić information content (AvgIpc) is 3.38. The van der Waals surface area contributed by atoms with Gasteiger partial charge >= 0.3 is 5.97 Å². The number of nitrogens with one attached hydrogen (secondary N) is 2. The fourth-order valence-corrected chi connectivity index (χ4v) is 5.29. The van der Waals surface area contributed by atoms with Crippen molar-refractivity contribution in [1.29, 1.82) is 0 Å². The van der Waals surface area contributed by atoms with Gasteiger partial charge in [-0.25, -0.2) is 13.9 Å². The van der Waals surface area contributed by atoms with E-state index < -0.39 is 24.1 Å². The number of hydrogen-bond donors (Lipinski definition) is 3. The number of aliphatic hydroxyl groups is 1. The lowest BCUT2D eigenvalue weighted by atomic mass is 9.94. The fraction of sp³-hybridized carbons (Fsp3) is 0.290. The van der Waals surface area contributed by atoms with Crippen LogP contribution in [0.15, 0.2) is 60.9 Å². The van der Waals surface area contributed by atoms with Gasteiger partial charge in [0.25, 0.3) is 5.91 Å². The highest BCUT2D eigenvalue weighted by atomic mass is 35.5. The van der Waals surface area contributed by atoms with E-state index >= 15 is 0 Å². The first kappa shape index (κ1) is 29.2. The number of methoxy groups -OCH3 is 1. The lowest BCUT2D eigenvalue weighted by molar-refractivity contribution is 0.0600. The van der Waals surface area contributed by atoms with Crippen LogP contribution in [0.5, 0.6) is 0 Å². The lowest BCUT2D eigenvalue weighted by Gasteiger charge is -2.26. The van der Waals surface area contributed by atoms with Crippen LogP contribution in [0.25, 0.3) is 16.8 Å². The zero-order chi connectivity index (χ0) is 30.0. The monoisotopic (exact) mass is 591 g/mol. The summed E-state index contributed by atoms with van der Waals surface area (Å²) in [4.78, 5) is 30.4. The second kappa shape index (κ2) is 12.3. The molecule has 42 heavy (non-hydrogen) atoms. The molecule has 3 atom stereocenters. The maximum Gasteiger partial charge on any atom is 0.337 e. The van der Waals surface area contributed by atoms with Crippen molar-refractivity contribution in [3.8, 4) is 16.8 Å². The number of halogens is 2. The maximum atomic E-state index is 14.7. The molecule has 0 radical (unpaired) electrons. The van der Waals surface area contributed by atoms with Crippen LogP contribution >= 0.6 is 11.6 Å². The van der Waals surface area contributed by atoms with Crippen LogP contribution < -0.4 is 10.6 Å². The molecular weight excluding hydrogens is 561 g/mol. The van der Waals surface area contributed by atoms with Crippen molar-refractivity contribution in [2.75, 3.05) is 12.4 Å². The topological polar surface area (TPSA) is 118 Å². The number of nitrogens with zero attached hydrogens (tertiary/aromatic N) is 3. The molecule has 0 fully saturated rings. The second-order valence-corrected chi connectivity index (χ2v) is 10.8. The summed E-state index contributed by atoms with van der Waals surface area (Å²) in [6, 6.07) is 12.9. The van der Waals surface area contributed by atoms with Crippen molar-refractivity contribution >= 4 is 29.2 Å². The number of anilines is 1. The predicted octanol–water partition coefficient (Wildman–Crippen LogP) is 5.84. The Morgan fingerprint density at radius 3 is 2.79 bits per heavy atom. The summed E-state index contributed by atoms with van der Waals surface area (Å²) in [6.07, 6.45) is 4.16. The van der Waals surface area contributed by atoms with E-state index in [1.54, 1.807) is 49.5 Å². The third-order valence-electron chi connectivity index (χ3n) is 7.60. The molecule has 1 unspecified atom stereocenters. The normalized spacial score (nSPS) is 18.6. The maximum absolute atomic E-state index is 14.7. The molecule has 11 heteroatoms. The van der Waals surface area contributed by atoms with Gasteiger partial charge in [-0.2, -0.15) is 5.10 Å². The SMILES string of the molecule is COC(=O)c1ccc2c(c1)-c1ccnc(c1)[C@@H](NC(=O)c1cnn(-c3cccc(Cl)c3F)c1C)CCC[C@@H](C)C(O)N2. The van der Waals surface area contributed by atoms with Crippen molar-refractivity contribution in [3.63, 3.8) is 0 Å². The Labute approximate surface area is 247 Å². The third-order valence-corrected chi connectivity index (χ3v) is 7.90. The fourth-order valence-electron chi connectivity index (χ4n) is 5.12. The quantitative estimate of drug-likeness (QED) is 0.255. The molecule has 3 heterocycles. The number of amides is 1. The highest BCUT2D eigenvalue weighted by Crippen LogP contribution is 2.34. The van der Waals surface area contributed by atoms with Crippen LogP contribution in [0.2, 0.25) is 5.02 Å². The molecule has 2 aromatic heterocycles. The van der Waals surface area contributed by atoms with Gasteiger partial charge in [-0.1, -0.05) is 31.0 Å². The van der Waals surface area contributed by atoms with Crippen molar-refractivity contribution in [1.82, 2.24) is 20.1 Å². The van der Waals surface area contributed by atoms with Crippen molar-refractivity contribution < 1.29 is 23.8 Å². The van der Waals surface area contributed by atoms with Gasteiger partial charge < -0.3 is 20.5 Å². The van der Waals surface area contributed by atoms with E-state index in [0.29, 0.717) is 47.5 Å². The van der Waals surface area contributed by atoms with Crippen LogP contribution in [0.3, 0.4) is 0 Å². The van der Waals surface area contributed by atoms with Crippen LogP contribution in [-0.4, -0.2) is 45.1 Å². The highest BCUT2D eigenvalue weighted by molar-refractivity contribution is 6.30. The number of hydrogen-bond acceptors (Lipinski definition) is 7. The molecule has 0 saturated heterocycles.